The van der Waals surface area contributed by atoms with E-state index in [1.54, 1.807) is 19.1 Å². The molecule has 2 atom stereocenters. The maximum absolute atomic E-state index is 11.2. The van der Waals surface area contributed by atoms with Crippen molar-refractivity contribution in [2.75, 3.05) is 7.11 Å². The number of carbonyl (C=O) groups excluding carboxylic acids is 1. The molecule has 1 heterocycles. The van der Waals surface area contributed by atoms with Crippen molar-refractivity contribution in [3.63, 3.8) is 0 Å². The molecule has 0 amide bonds. The Bertz CT molecular complexity index is 345. The van der Waals surface area contributed by atoms with Gasteiger partial charge in [0, 0.05) is 4.92 Å². The molecule has 1 rings (SSSR count). The molecule has 0 saturated carbocycles. The van der Waals surface area contributed by atoms with Crippen LogP contribution in [-0.4, -0.2) is 24.0 Å². The topological polar surface area (TPSA) is 82.6 Å². The SMILES string of the molecule is COC(=O)C(C(C)c1ccco1)[N+](=O)[O-]. The second-order valence-corrected chi connectivity index (χ2v) is 3.06. The van der Waals surface area contributed by atoms with Crippen molar-refractivity contribution in [2.45, 2.75) is 18.9 Å². The zero-order valence-corrected chi connectivity index (χ0v) is 8.38. The molecule has 6 heteroatoms. The van der Waals surface area contributed by atoms with E-state index in [-0.39, 0.29) is 0 Å². The van der Waals surface area contributed by atoms with Crippen LogP contribution in [0.5, 0.6) is 0 Å². The summed E-state index contributed by atoms with van der Waals surface area (Å²) in [6.45, 7) is 1.54. The first-order valence-corrected chi connectivity index (χ1v) is 4.32. The van der Waals surface area contributed by atoms with Crippen LogP contribution in [0.2, 0.25) is 0 Å². The summed E-state index contributed by atoms with van der Waals surface area (Å²) in [7, 11) is 1.12. The highest BCUT2D eigenvalue weighted by Crippen LogP contribution is 2.22. The van der Waals surface area contributed by atoms with E-state index in [1.165, 1.54) is 6.26 Å². The first-order chi connectivity index (χ1) is 7.07. The molecule has 0 bridgehead atoms. The minimum Gasteiger partial charge on any atom is -0.469 e. The van der Waals surface area contributed by atoms with Crippen LogP contribution in [0.3, 0.4) is 0 Å². The largest absolute Gasteiger partial charge is 0.469 e. The molecule has 0 aliphatic rings. The average molecular weight is 213 g/mol. The fourth-order valence-corrected chi connectivity index (χ4v) is 1.30. The molecule has 0 aliphatic carbocycles. The summed E-state index contributed by atoms with van der Waals surface area (Å²) in [5, 5.41) is 10.7. The summed E-state index contributed by atoms with van der Waals surface area (Å²) < 4.78 is 9.38. The van der Waals surface area contributed by atoms with E-state index in [0.29, 0.717) is 5.76 Å². The highest BCUT2D eigenvalue weighted by molar-refractivity contribution is 5.75. The van der Waals surface area contributed by atoms with Crippen molar-refractivity contribution in [1.29, 1.82) is 0 Å². The lowest BCUT2D eigenvalue weighted by Crippen LogP contribution is -2.35. The standard InChI is InChI=1S/C9H11NO5/c1-6(7-4-3-5-15-7)8(10(12)13)9(11)14-2/h3-6,8H,1-2H3. The van der Waals surface area contributed by atoms with Gasteiger partial charge in [-0.2, -0.15) is 0 Å². The maximum Gasteiger partial charge on any atom is 0.382 e. The normalized spacial score (nSPS) is 14.3. The number of esters is 1. The van der Waals surface area contributed by atoms with Crippen molar-refractivity contribution in [3.8, 4) is 0 Å². The Morgan fingerprint density at radius 1 is 1.67 bits per heavy atom. The van der Waals surface area contributed by atoms with Crippen molar-refractivity contribution in [1.82, 2.24) is 0 Å². The number of hydrogen-bond acceptors (Lipinski definition) is 5. The van der Waals surface area contributed by atoms with E-state index in [4.69, 9.17) is 4.42 Å². The van der Waals surface area contributed by atoms with Gasteiger partial charge in [0.2, 0.25) is 0 Å². The number of carbonyl (C=O) groups is 1. The van der Waals surface area contributed by atoms with Crippen LogP contribution < -0.4 is 0 Å². The van der Waals surface area contributed by atoms with Crippen LogP contribution in [0.4, 0.5) is 0 Å². The molecule has 0 N–H and O–H groups in total. The maximum atomic E-state index is 11.2. The predicted octanol–water partition coefficient (Wildman–Crippen LogP) is 1.20. The van der Waals surface area contributed by atoms with E-state index in [2.05, 4.69) is 4.74 Å². The molecule has 1 aromatic heterocycles. The van der Waals surface area contributed by atoms with E-state index in [0.717, 1.165) is 7.11 Å². The molecule has 0 aliphatic heterocycles. The number of nitrogens with zero attached hydrogens (tertiary/aromatic N) is 1. The minimum atomic E-state index is -1.43. The molecule has 0 fully saturated rings. The number of methoxy groups -OCH3 is 1. The number of ether oxygens (including phenoxy) is 1. The van der Waals surface area contributed by atoms with Crippen molar-refractivity contribution < 1.29 is 18.9 Å². The average Bonchev–Trinajstić information content (AvgIpc) is 2.69. The molecule has 82 valence electrons. The molecule has 0 spiro atoms. The Balaban J connectivity index is 2.90. The minimum absolute atomic E-state index is 0.391. The fourth-order valence-electron chi connectivity index (χ4n) is 1.30. The lowest BCUT2D eigenvalue weighted by molar-refractivity contribution is -0.514. The quantitative estimate of drug-likeness (QED) is 0.426. The zero-order chi connectivity index (χ0) is 11.4. The van der Waals surface area contributed by atoms with Gasteiger partial charge in [0.25, 0.3) is 0 Å². The Labute approximate surface area is 86.0 Å². The van der Waals surface area contributed by atoms with Crippen LogP contribution in [0.25, 0.3) is 0 Å². The smallest absolute Gasteiger partial charge is 0.382 e. The number of rotatable bonds is 4. The van der Waals surface area contributed by atoms with Gasteiger partial charge in [-0.15, -0.1) is 0 Å². The molecule has 0 radical (unpaired) electrons. The molecule has 15 heavy (non-hydrogen) atoms. The molecular formula is C9H11NO5. The molecule has 0 aromatic carbocycles. The second kappa shape index (κ2) is 4.59. The predicted molar refractivity (Wildman–Crippen MR) is 49.9 cm³/mol. The van der Waals surface area contributed by atoms with Crippen LogP contribution in [0.1, 0.15) is 18.6 Å². The van der Waals surface area contributed by atoms with E-state index >= 15 is 0 Å². The number of nitro groups is 1. The van der Waals surface area contributed by atoms with Crippen molar-refractivity contribution in [3.05, 3.63) is 34.3 Å². The van der Waals surface area contributed by atoms with Gasteiger partial charge < -0.3 is 9.15 Å². The van der Waals surface area contributed by atoms with Crippen molar-refractivity contribution in [2.24, 2.45) is 0 Å². The molecule has 0 saturated heterocycles. The summed E-state index contributed by atoms with van der Waals surface area (Å²) in [6.07, 6.45) is 1.40. The van der Waals surface area contributed by atoms with E-state index < -0.39 is 22.9 Å². The third-order valence-electron chi connectivity index (χ3n) is 2.14. The summed E-state index contributed by atoms with van der Waals surface area (Å²) in [5.74, 6) is -1.13. The molecule has 6 nitrogen and oxygen atoms in total. The highest BCUT2D eigenvalue weighted by atomic mass is 16.6. The van der Waals surface area contributed by atoms with Crippen LogP contribution >= 0.6 is 0 Å². The third-order valence-corrected chi connectivity index (χ3v) is 2.14. The summed E-state index contributed by atoms with van der Waals surface area (Å²) in [6, 6.07) is 1.77. The highest BCUT2D eigenvalue weighted by Gasteiger charge is 2.39. The summed E-state index contributed by atoms with van der Waals surface area (Å²) in [4.78, 5) is 21.2. The second-order valence-electron chi connectivity index (χ2n) is 3.06. The van der Waals surface area contributed by atoms with Gasteiger partial charge in [-0.1, -0.05) is 0 Å². The van der Waals surface area contributed by atoms with Gasteiger partial charge in [0.15, 0.2) is 0 Å². The molecule has 2 unspecified atom stereocenters. The Kier molecular flexibility index (Phi) is 3.43. The third kappa shape index (κ3) is 2.34. The van der Waals surface area contributed by atoms with E-state index in [1.807, 2.05) is 0 Å². The first-order valence-electron chi connectivity index (χ1n) is 4.32. The zero-order valence-electron chi connectivity index (χ0n) is 8.38. The van der Waals surface area contributed by atoms with Gasteiger partial charge in [0.05, 0.1) is 19.3 Å². The van der Waals surface area contributed by atoms with Crippen LogP contribution in [0, 0.1) is 10.1 Å². The summed E-state index contributed by atoms with van der Waals surface area (Å²) in [5.41, 5.74) is 0. The van der Waals surface area contributed by atoms with Crippen molar-refractivity contribution >= 4 is 5.97 Å². The lowest BCUT2D eigenvalue weighted by Gasteiger charge is -2.12. The van der Waals surface area contributed by atoms with Crippen LogP contribution in [0.15, 0.2) is 22.8 Å². The van der Waals surface area contributed by atoms with Gasteiger partial charge >= 0.3 is 12.0 Å². The number of furan rings is 1. The van der Waals surface area contributed by atoms with Gasteiger partial charge in [-0.3, -0.25) is 10.1 Å². The van der Waals surface area contributed by atoms with Gasteiger partial charge in [0.1, 0.15) is 5.76 Å². The Morgan fingerprint density at radius 3 is 2.73 bits per heavy atom. The molecular weight excluding hydrogens is 202 g/mol. The van der Waals surface area contributed by atoms with Gasteiger partial charge in [-0.25, -0.2) is 4.79 Å². The fraction of sp³-hybridized carbons (Fsp3) is 0.444. The molecule has 1 aromatic rings. The van der Waals surface area contributed by atoms with Gasteiger partial charge in [-0.05, 0) is 19.1 Å². The van der Waals surface area contributed by atoms with Crippen LogP contribution in [-0.2, 0) is 9.53 Å². The Morgan fingerprint density at radius 2 is 2.33 bits per heavy atom. The summed E-state index contributed by atoms with van der Waals surface area (Å²) >= 11 is 0. The lowest BCUT2D eigenvalue weighted by atomic mass is 10.00. The first kappa shape index (κ1) is 11.2. The van der Waals surface area contributed by atoms with E-state index in [9.17, 15) is 14.9 Å². The monoisotopic (exact) mass is 213 g/mol. The number of hydrogen-bond donors (Lipinski definition) is 0. The Hall–Kier alpha value is -1.85.